The fourth-order valence-electron chi connectivity index (χ4n) is 1.93. The van der Waals surface area contributed by atoms with Crippen LogP contribution in [0.2, 0.25) is 0 Å². The Balaban J connectivity index is 2.05. The number of carbonyl (C=O) groups excluding carboxylic acids is 2. The normalized spacial score (nSPS) is 10.5. The minimum absolute atomic E-state index is 0.115. The van der Waals surface area contributed by atoms with Crippen molar-refractivity contribution in [1.29, 1.82) is 0 Å². The first kappa shape index (κ1) is 16.5. The fourth-order valence-corrected chi connectivity index (χ4v) is 1.93. The maximum atomic E-state index is 12.0. The van der Waals surface area contributed by atoms with Crippen molar-refractivity contribution in [3.8, 4) is 0 Å². The van der Waals surface area contributed by atoms with Crippen LogP contribution in [-0.4, -0.2) is 18.4 Å². The molecule has 2 aromatic rings. The quantitative estimate of drug-likeness (QED) is 0.742. The van der Waals surface area contributed by atoms with Crippen LogP contribution in [0.1, 0.15) is 11.1 Å². The Labute approximate surface area is 135 Å². The molecule has 0 atom stereocenters. The summed E-state index contributed by atoms with van der Waals surface area (Å²) in [6.45, 7) is 1.89. The lowest BCUT2D eigenvalue weighted by molar-refractivity contribution is -0.115. The van der Waals surface area contributed by atoms with Crippen molar-refractivity contribution in [3.05, 3.63) is 65.7 Å². The molecule has 0 unspecified atom stereocenters. The number of hydrogen-bond acceptors (Lipinski definition) is 3. The molecular formula is C18H19N3O2. The van der Waals surface area contributed by atoms with Gasteiger partial charge in [0, 0.05) is 6.08 Å². The van der Waals surface area contributed by atoms with Crippen LogP contribution in [0.3, 0.4) is 0 Å². The molecule has 118 valence electrons. The predicted molar refractivity (Wildman–Crippen MR) is 93.0 cm³/mol. The highest BCUT2D eigenvalue weighted by Crippen LogP contribution is 2.20. The van der Waals surface area contributed by atoms with Gasteiger partial charge in [-0.2, -0.15) is 0 Å². The summed E-state index contributed by atoms with van der Waals surface area (Å²) in [6, 6.07) is 14.8. The summed E-state index contributed by atoms with van der Waals surface area (Å²) >= 11 is 0. The van der Waals surface area contributed by atoms with Crippen LogP contribution in [0.5, 0.6) is 0 Å². The molecule has 0 spiro atoms. The monoisotopic (exact) mass is 309 g/mol. The zero-order valence-corrected chi connectivity index (χ0v) is 12.9. The first-order valence-electron chi connectivity index (χ1n) is 7.23. The van der Waals surface area contributed by atoms with E-state index in [1.807, 2.05) is 31.2 Å². The maximum Gasteiger partial charge on any atom is 0.248 e. The Kier molecular flexibility index (Phi) is 5.66. The van der Waals surface area contributed by atoms with E-state index in [1.54, 1.807) is 30.3 Å². The highest BCUT2D eigenvalue weighted by Gasteiger charge is 2.06. The molecule has 0 bridgehead atoms. The molecule has 0 aliphatic carbocycles. The van der Waals surface area contributed by atoms with E-state index in [1.165, 1.54) is 6.08 Å². The van der Waals surface area contributed by atoms with Crippen molar-refractivity contribution in [1.82, 2.24) is 0 Å². The molecule has 2 aromatic carbocycles. The number of rotatable bonds is 5. The summed E-state index contributed by atoms with van der Waals surface area (Å²) in [6.07, 6.45) is 3.18. The Morgan fingerprint density at radius 3 is 2.22 bits per heavy atom. The number of hydrogen-bond donors (Lipinski definition) is 3. The van der Waals surface area contributed by atoms with E-state index in [-0.39, 0.29) is 18.4 Å². The Morgan fingerprint density at radius 1 is 1.00 bits per heavy atom. The summed E-state index contributed by atoms with van der Waals surface area (Å²) in [5.74, 6) is -0.595. The number of benzene rings is 2. The van der Waals surface area contributed by atoms with Crippen LogP contribution in [-0.2, 0) is 9.59 Å². The molecule has 2 rings (SSSR count). The second-order valence-corrected chi connectivity index (χ2v) is 5.03. The van der Waals surface area contributed by atoms with E-state index < -0.39 is 0 Å². The minimum atomic E-state index is -0.318. The Morgan fingerprint density at radius 2 is 1.61 bits per heavy atom. The van der Waals surface area contributed by atoms with Crippen molar-refractivity contribution in [2.75, 3.05) is 17.2 Å². The lowest BCUT2D eigenvalue weighted by Crippen LogP contribution is -2.22. The number of aryl methyl sites for hydroxylation is 1. The Hall–Kier alpha value is -2.92. The summed E-state index contributed by atoms with van der Waals surface area (Å²) in [5, 5.41) is 5.38. The second-order valence-electron chi connectivity index (χ2n) is 5.03. The number of amides is 2. The third-order valence-electron chi connectivity index (χ3n) is 3.15. The van der Waals surface area contributed by atoms with Gasteiger partial charge in [0.25, 0.3) is 0 Å². The molecule has 0 heterocycles. The lowest BCUT2D eigenvalue weighted by atomic mass is 10.1. The van der Waals surface area contributed by atoms with Gasteiger partial charge < -0.3 is 16.4 Å². The second kappa shape index (κ2) is 7.91. The molecule has 0 aliphatic rings. The van der Waals surface area contributed by atoms with Crippen molar-refractivity contribution in [3.63, 3.8) is 0 Å². The highest BCUT2D eigenvalue weighted by molar-refractivity contribution is 6.05. The van der Waals surface area contributed by atoms with Gasteiger partial charge in [0.2, 0.25) is 11.8 Å². The topological polar surface area (TPSA) is 84.2 Å². The van der Waals surface area contributed by atoms with Gasteiger partial charge in [0.15, 0.2) is 0 Å². The average molecular weight is 309 g/mol. The van der Waals surface area contributed by atoms with E-state index in [0.29, 0.717) is 11.4 Å². The molecule has 5 nitrogen and oxygen atoms in total. The first-order chi connectivity index (χ1) is 11.1. The zero-order chi connectivity index (χ0) is 16.7. The summed E-state index contributed by atoms with van der Waals surface area (Å²) in [4.78, 5) is 23.4. The molecule has 0 aliphatic heterocycles. The molecule has 0 saturated carbocycles. The summed E-state index contributed by atoms with van der Waals surface area (Å²) < 4.78 is 0. The fraction of sp³-hybridized carbons (Fsp3) is 0.111. The largest absolute Gasteiger partial charge is 0.323 e. The molecule has 23 heavy (non-hydrogen) atoms. The van der Waals surface area contributed by atoms with Gasteiger partial charge in [-0.1, -0.05) is 42.0 Å². The summed E-state index contributed by atoms with van der Waals surface area (Å²) in [5.41, 5.74) is 8.42. The highest BCUT2D eigenvalue weighted by atomic mass is 16.2. The number of carbonyl (C=O) groups is 2. The third kappa shape index (κ3) is 5.09. The zero-order valence-electron chi connectivity index (χ0n) is 12.9. The van der Waals surface area contributed by atoms with E-state index in [4.69, 9.17) is 5.73 Å². The number of nitrogens with one attached hydrogen (secondary N) is 2. The van der Waals surface area contributed by atoms with Crippen molar-refractivity contribution < 1.29 is 9.59 Å². The van der Waals surface area contributed by atoms with Gasteiger partial charge in [-0.3, -0.25) is 9.59 Å². The van der Waals surface area contributed by atoms with Gasteiger partial charge in [-0.15, -0.1) is 0 Å². The standard InChI is InChI=1S/C18H19N3O2/c1-13-6-8-14(9-7-13)10-11-17(22)20-15-4-2-3-5-16(15)21-18(23)12-19/h2-11H,12,19H2,1H3,(H,20,22)(H,21,23)/b11-10+. The SMILES string of the molecule is Cc1ccc(/C=C/C(=O)Nc2ccccc2NC(=O)CN)cc1. The van der Waals surface area contributed by atoms with E-state index in [0.717, 1.165) is 11.1 Å². The molecule has 0 saturated heterocycles. The van der Waals surface area contributed by atoms with Gasteiger partial charge in [-0.05, 0) is 30.7 Å². The van der Waals surface area contributed by atoms with Crippen LogP contribution >= 0.6 is 0 Å². The third-order valence-corrected chi connectivity index (χ3v) is 3.15. The molecule has 5 heteroatoms. The molecular weight excluding hydrogens is 290 g/mol. The van der Waals surface area contributed by atoms with E-state index in [2.05, 4.69) is 10.6 Å². The van der Waals surface area contributed by atoms with Gasteiger partial charge in [0.05, 0.1) is 17.9 Å². The minimum Gasteiger partial charge on any atom is -0.323 e. The van der Waals surface area contributed by atoms with Crippen molar-refractivity contribution >= 4 is 29.3 Å². The van der Waals surface area contributed by atoms with Crippen molar-refractivity contribution in [2.24, 2.45) is 5.73 Å². The van der Waals surface area contributed by atoms with Crippen LogP contribution in [0.25, 0.3) is 6.08 Å². The van der Waals surface area contributed by atoms with Crippen LogP contribution in [0, 0.1) is 6.92 Å². The average Bonchev–Trinajstić information content (AvgIpc) is 2.56. The van der Waals surface area contributed by atoms with Gasteiger partial charge in [0.1, 0.15) is 0 Å². The van der Waals surface area contributed by atoms with Crippen molar-refractivity contribution in [2.45, 2.75) is 6.92 Å². The van der Waals surface area contributed by atoms with E-state index >= 15 is 0 Å². The number of anilines is 2. The molecule has 0 radical (unpaired) electrons. The summed E-state index contributed by atoms with van der Waals surface area (Å²) in [7, 11) is 0. The molecule has 0 fully saturated rings. The van der Waals surface area contributed by atoms with Crippen LogP contribution in [0.15, 0.2) is 54.6 Å². The predicted octanol–water partition coefficient (Wildman–Crippen LogP) is 2.54. The number of nitrogens with two attached hydrogens (primary N) is 1. The van der Waals surface area contributed by atoms with E-state index in [9.17, 15) is 9.59 Å². The molecule has 2 amide bonds. The van der Waals surface area contributed by atoms with Crippen LogP contribution < -0.4 is 16.4 Å². The Bertz CT molecular complexity index is 721. The molecule has 4 N–H and O–H groups in total. The van der Waals surface area contributed by atoms with Crippen LogP contribution in [0.4, 0.5) is 11.4 Å². The van der Waals surface area contributed by atoms with Gasteiger partial charge in [-0.25, -0.2) is 0 Å². The first-order valence-corrected chi connectivity index (χ1v) is 7.23. The maximum absolute atomic E-state index is 12.0. The lowest BCUT2D eigenvalue weighted by Gasteiger charge is -2.10. The van der Waals surface area contributed by atoms with Gasteiger partial charge >= 0.3 is 0 Å². The molecule has 0 aromatic heterocycles. The smallest absolute Gasteiger partial charge is 0.248 e. The number of para-hydroxylation sites is 2.